The molecule has 1 fully saturated rings. The summed E-state index contributed by atoms with van der Waals surface area (Å²) in [4.78, 5) is 25.7. The van der Waals surface area contributed by atoms with Gasteiger partial charge in [0.1, 0.15) is 12.4 Å². The topological polar surface area (TPSA) is 58.6 Å². The van der Waals surface area contributed by atoms with E-state index in [2.05, 4.69) is 5.32 Å². The Bertz CT molecular complexity index is 565. The average Bonchev–Trinajstić information content (AvgIpc) is 2.98. The third-order valence-electron chi connectivity index (χ3n) is 4.16. The number of carbonyl (C=O) groups is 2. The molecule has 1 aromatic carbocycles. The van der Waals surface area contributed by atoms with Gasteiger partial charge < -0.3 is 10.1 Å². The van der Waals surface area contributed by atoms with Gasteiger partial charge in [-0.15, -0.1) is 0 Å². The molecule has 0 spiro atoms. The number of ether oxygens (including phenoxy) is 1. The van der Waals surface area contributed by atoms with Gasteiger partial charge in [-0.3, -0.25) is 9.69 Å². The number of anilines is 1. The van der Waals surface area contributed by atoms with E-state index < -0.39 is 0 Å². The monoisotopic (exact) mass is 288 g/mol. The van der Waals surface area contributed by atoms with Crippen LogP contribution in [0.3, 0.4) is 0 Å². The number of fused-ring (bicyclic) bond motifs is 1. The molecule has 3 rings (SSSR count). The first-order valence-corrected chi connectivity index (χ1v) is 7.51. The van der Waals surface area contributed by atoms with E-state index >= 15 is 0 Å². The van der Waals surface area contributed by atoms with Crippen LogP contribution in [0, 0.1) is 0 Å². The van der Waals surface area contributed by atoms with Crippen molar-refractivity contribution in [2.24, 2.45) is 0 Å². The molecule has 1 saturated carbocycles. The molecule has 2 aliphatic rings. The molecule has 1 aromatic rings. The first-order valence-electron chi connectivity index (χ1n) is 7.51. The van der Waals surface area contributed by atoms with E-state index in [-0.39, 0.29) is 17.9 Å². The fraction of sp³-hybridized carbons (Fsp3) is 0.500. The molecule has 1 aliphatic heterocycles. The molecule has 1 heterocycles. The van der Waals surface area contributed by atoms with Crippen LogP contribution >= 0.6 is 0 Å². The van der Waals surface area contributed by atoms with E-state index in [9.17, 15) is 9.59 Å². The highest BCUT2D eigenvalue weighted by Crippen LogP contribution is 2.33. The van der Waals surface area contributed by atoms with Crippen molar-refractivity contribution in [3.63, 3.8) is 0 Å². The van der Waals surface area contributed by atoms with Crippen molar-refractivity contribution in [3.05, 3.63) is 23.8 Å². The van der Waals surface area contributed by atoms with E-state index in [0.717, 1.165) is 12.8 Å². The molecule has 21 heavy (non-hydrogen) atoms. The first-order chi connectivity index (χ1) is 10.1. The van der Waals surface area contributed by atoms with Crippen molar-refractivity contribution in [1.29, 1.82) is 0 Å². The smallest absolute Gasteiger partial charge is 0.322 e. The third-order valence-corrected chi connectivity index (χ3v) is 4.16. The Morgan fingerprint density at radius 1 is 1.29 bits per heavy atom. The number of carbonyl (C=O) groups excluding carboxylic acids is 2. The molecule has 0 atom stereocenters. The van der Waals surface area contributed by atoms with Gasteiger partial charge in [0.2, 0.25) is 0 Å². The highest BCUT2D eigenvalue weighted by Gasteiger charge is 2.27. The number of nitrogens with one attached hydrogen (secondary N) is 1. The fourth-order valence-corrected chi connectivity index (χ4v) is 2.97. The SMILES string of the molecule is CC(=O)c1ccc2c(c1)N(C(=O)NC1CCCC1)CCO2. The number of rotatable bonds is 2. The summed E-state index contributed by atoms with van der Waals surface area (Å²) in [7, 11) is 0. The van der Waals surface area contributed by atoms with Crippen molar-refractivity contribution < 1.29 is 14.3 Å². The van der Waals surface area contributed by atoms with Crippen LogP contribution in [0.2, 0.25) is 0 Å². The molecule has 0 unspecified atom stereocenters. The summed E-state index contributed by atoms with van der Waals surface area (Å²) >= 11 is 0. The standard InChI is InChI=1S/C16H20N2O3/c1-11(19)12-6-7-15-14(10-12)18(8-9-21-15)16(20)17-13-4-2-3-5-13/h6-7,10,13H,2-5,8-9H2,1H3,(H,17,20). The number of ketones is 1. The summed E-state index contributed by atoms with van der Waals surface area (Å²) in [6, 6.07) is 5.43. The van der Waals surface area contributed by atoms with Crippen molar-refractivity contribution in [2.45, 2.75) is 38.6 Å². The summed E-state index contributed by atoms with van der Waals surface area (Å²) < 4.78 is 5.58. The predicted octanol–water partition coefficient (Wildman–Crippen LogP) is 2.74. The maximum Gasteiger partial charge on any atom is 0.322 e. The van der Waals surface area contributed by atoms with Crippen LogP contribution in [0.4, 0.5) is 10.5 Å². The molecule has 112 valence electrons. The minimum Gasteiger partial charge on any atom is -0.490 e. The molecule has 5 heteroatoms. The normalized spacial score (nSPS) is 18.0. The maximum absolute atomic E-state index is 12.5. The summed E-state index contributed by atoms with van der Waals surface area (Å²) in [6.07, 6.45) is 4.46. The molecule has 5 nitrogen and oxygen atoms in total. The highest BCUT2D eigenvalue weighted by molar-refractivity contribution is 5.99. The maximum atomic E-state index is 12.5. The lowest BCUT2D eigenvalue weighted by molar-refractivity contribution is 0.101. The lowest BCUT2D eigenvalue weighted by Crippen LogP contribution is -2.47. The van der Waals surface area contributed by atoms with Gasteiger partial charge >= 0.3 is 6.03 Å². The van der Waals surface area contributed by atoms with E-state index in [1.54, 1.807) is 23.1 Å². The van der Waals surface area contributed by atoms with Crippen LogP contribution in [-0.4, -0.2) is 31.0 Å². The van der Waals surface area contributed by atoms with Gasteiger partial charge in [-0.25, -0.2) is 4.79 Å². The molecule has 0 bridgehead atoms. The number of Topliss-reactive ketones (excluding diaryl/α,β-unsaturated/α-hetero) is 1. The summed E-state index contributed by atoms with van der Waals surface area (Å²) in [6.45, 7) is 2.51. The summed E-state index contributed by atoms with van der Waals surface area (Å²) in [5, 5.41) is 3.08. The molecule has 0 aromatic heterocycles. The molecule has 2 amide bonds. The predicted molar refractivity (Wildman–Crippen MR) is 80.1 cm³/mol. The summed E-state index contributed by atoms with van der Waals surface area (Å²) in [5.74, 6) is 0.646. The lowest BCUT2D eigenvalue weighted by Gasteiger charge is -2.31. The number of benzene rings is 1. The van der Waals surface area contributed by atoms with Gasteiger partial charge in [-0.2, -0.15) is 0 Å². The Balaban J connectivity index is 1.82. The number of urea groups is 1. The second-order valence-electron chi connectivity index (χ2n) is 5.67. The van der Waals surface area contributed by atoms with Crippen molar-refractivity contribution in [1.82, 2.24) is 5.32 Å². The van der Waals surface area contributed by atoms with Gasteiger partial charge in [-0.1, -0.05) is 12.8 Å². The van der Waals surface area contributed by atoms with Gasteiger partial charge in [0.15, 0.2) is 5.78 Å². The van der Waals surface area contributed by atoms with Crippen LogP contribution < -0.4 is 15.0 Å². The van der Waals surface area contributed by atoms with Crippen molar-refractivity contribution in [2.75, 3.05) is 18.1 Å². The van der Waals surface area contributed by atoms with Crippen molar-refractivity contribution >= 4 is 17.5 Å². The fourth-order valence-electron chi connectivity index (χ4n) is 2.97. The third kappa shape index (κ3) is 2.86. The molecular formula is C16H20N2O3. The second-order valence-corrected chi connectivity index (χ2v) is 5.67. The van der Waals surface area contributed by atoms with E-state index in [1.807, 2.05) is 0 Å². The zero-order valence-corrected chi connectivity index (χ0v) is 12.2. The number of hydrogen-bond donors (Lipinski definition) is 1. The Morgan fingerprint density at radius 2 is 2.05 bits per heavy atom. The number of amides is 2. The lowest BCUT2D eigenvalue weighted by atomic mass is 10.1. The van der Waals surface area contributed by atoms with Crippen LogP contribution in [0.1, 0.15) is 43.0 Å². The van der Waals surface area contributed by atoms with E-state index in [0.29, 0.717) is 30.2 Å². The van der Waals surface area contributed by atoms with Crippen LogP contribution in [0.15, 0.2) is 18.2 Å². The summed E-state index contributed by atoms with van der Waals surface area (Å²) in [5.41, 5.74) is 1.28. The molecule has 0 saturated heterocycles. The molecule has 1 aliphatic carbocycles. The minimum atomic E-state index is -0.0906. The van der Waals surface area contributed by atoms with E-state index in [1.165, 1.54) is 19.8 Å². The second kappa shape index (κ2) is 5.76. The number of hydrogen-bond acceptors (Lipinski definition) is 3. The Morgan fingerprint density at radius 3 is 2.76 bits per heavy atom. The van der Waals surface area contributed by atoms with Gasteiger partial charge in [0.25, 0.3) is 0 Å². The minimum absolute atomic E-state index is 0.0143. The molecule has 1 N–H and O–H groups in total. The van der Waals surface area contributed by atoms with Crippen LogP contribution in [0.25, 0.3) is 0 Å². The Labute approximate surface area is 124 Å². The van der Waals surface area contributed by atoms with Gasteiger partial charge in [0, 0.05) is 11.6 Å². The zero-order valence-electron chi connectivity index (χ0n) is 12.2. The Kier molecular flexibility index (Phi) is 3.82. The zero-order chi connectivity index (χ0) is 14.8. The molecule has 0 radical (unpaired) electrons. The van der Waals surface area contributed by atoms with Crippen LogP contribution in [-0.2, 0) is 0 Å². The number of nitrogens with zero attached hydrogens (tertiary/aromatic N) is 1. The Hall–Kier alpha value is -2.04. The highest BCUT2D eigenvalue weighted by atomic mass is 16.5. The van der Waals surface area contributed by atoms with Gasteiger partial charge in [0.05, 0.1) is 12.2 Å². The van der Waals surface area contributed by atoms with Gasteiger partial charge in [-0.05, 0) is 38.0 Å². The van der Waals surface area contributed by atoms with Crippen molar-refractivity contribution in [3.8, 4) is 5.75 Å². The largest absolute Gasteiger partial charge is 0.490 e. The van der Waals surface area contributed by atoms with Crippen LogP contribution in [0.5, 0.6) is 5.75 Å². The first kappa shape index (κ1) is 13.9. The molecular weight excluding hydrogens is 268 g/mol. The van der Waals surface area contributed by atoms with E-state index in [4.69, 9.17) is 4.74 Å². The quantitative estimate of drug-likeness (QED) is 0.851. The average molecular weight is 288 g/mol.